The number of hydrogen-bond donors (Lipinski definition) is 1. The Balaban J connectivity index is 2.86. The molecule has 0 saturated carbocycles. The van der Waals surface area contributed by atoms with Crippen LogP contribution in [0.4, 0.5) is 0 Å². The Bertz CT molecular complexity index is 467. The monoisotopic (exact) mass is 177 g/mol. The lowest BCUT2D eigenvalue weighted by Gasteiger charge is -1.93. The van der Waals surface area contributed by atoms with Crippen molar-refractivity contribution in [2.24, 2.45) is 0 Å². The highest BCUT2D eigenvalue weighted by Gasteiger charge is 2.03. The standard InChI is InChI=1S/C8H4ClN3/c9-7-3-5(4-10)12-8-6(7)1-2-11-8/h1-3H,(H,11,12). The number of aromatic nitrogens is 2. The Kier molecular flexibility index (Phi) is 1.49. The van der Waals surface area contributed by atoms with E-state index in [1.54, 1.807) is 12.3 Å². The first-order valence-corrected chi connectivity index (χ1v) is 3.73. The van der Waals surface area contributed by atoms with Crippen LogP contribution in [-0.4, -0.2) is 9.97 Å². The number of hydrogen-bond acceptors (Lipinski definition) is 2. The largest absolute Gasteiger partial charge is 0.346 e. The van der Waals surface area contributed by atoms with Crippen LogP contribution in [0.3, 0.4) is 0 Å². The lowest BCUT2D eigenvalue weighted by Crippen LogP contribution is -1.83. The summed E-state index contributed by atoms with van der Waals surface area (Å²) in [6.45, 7) is 0. The van der Waals surface area contributed by atoms with Crippen LogP contribution in [0.2, 0.25) is 5.02 Å². The number of nitrogens with one attached hydrogen (secondary N) is 1. The zero-order valence-corrected chi connectivity index (χ0v) is 6.76. The Hall–Kier alpha value is -1.53. The quantitative estimate of drug-likeness (QED) is 0.670. The Morgan fingerprint density at radius 3 is 3.17 bits per heavy atom. The van der Waals surface area contributed by atoms with E-state index >= 15 is 0 Å². The molecule has 2 aromatic heterocycles. The van der Waals surface area contributed by atoms with Crippen LogP contribution in [0, 0.1) is 11.3 Å². The molecule has 0 aliphatic carbocycles. The van der Waals surface area contributed by atoms with Gasteiger partial charge >= 0.3 is 0 Å². The van der Waals surface area contributed by atoms with Gasteiger partial charge in [-0.1, -0.05) is 11.6 Å². The molecule has 0 spiro atoms. The second-order valence-electron chi connectivity index (χ2n) is 2.34. The predicted molar refractivity (Wildman–Crippen MR) is 45.8 cm³/mol. The van der Waals surface area contributed by atoms with Crippen molar-refractivity contribution in [3.8, 4) is 6.07 Å². The maximum Gasteiger partial charge on any atom is 0.144 e. The van der Waals surface area contributed by atoms with Crippen molar-refractivity contribution in [2.45, 2.75) is 0 Å². The minimum absolute atomic E-state index is 0.329. The summed E-state index contributed by atoms with van der Waals surface area (Å²) in [7, 11) is 0. The number of nitriles is 1. The molecule has 2 rings (SSSR count). The van der Waals surface area contributed by atoms with Crippen LogP contribution in [0.15, 0.2) is 18.3 Å². The molecule has 58 valence electrons. The van der Waals surface area contributed by atoms with Crippen LogP contribution < -0.4 is 0 Å². The van der Waals surface area contributed by atoms with Crippen LogP contribution in [0.1, 0.15) is 5.69 Å². The topological polar surface area (TPSA) is 52.5 Å². The molecule has 1 N–H and O–H groups in total. The fraction of sp³-hybridized carbons (Fsp3) is 0. The lowest BCUT2D eigenvalue weighted by atomic mass is 10.3. The van der Waals surface area contributed by atoms with Crippen molar-refractivity contribution < 1.29 is 0 Å². The third kappa shape index (κ3) is 0.936. The summed E-state index contributed by atoms with van der Waals surface area (Å²) >= 11 is 5.87. The van der Waals surface area contributed by atoms with Crippen LogP contribution in [-0.2, 0) is 0 Å². The predicted octanol–water partition coefficient (Wildman–Crippen LogP) is 2.09. The van der Waals surface area contributed by atoms with Gasteiger partial charge in [0.15, 0.2) is 0 Å². The van der Waals surface area contributed by atoms with Crippen molar-refractivity contribution >= 4 is 22.6 Å². The average Bonchev–Trinajstić information content (AvgIpc) is 2.52. The minimum atomic E-state index is 0.329. The summed E-state index contributed by atoms with van der Waals surface area (Å²) in [5, 5.41) is 9.97. The molecule has 0 amide bonds. The summed E-state index contributed by atoms with van der Waals surface area (Å²) in [5.74, 6) is 0. The number of H-pyrrole nitrogens is 1. The first kappa shape index (κ1) is 7.14. The van der Waals surface area contributed by atoms with Gasteiger partial charge in [-0.05, 0) is 12.1 Å². The van der Waals surface area contributed by atoms with Crippen LogP contribution >= 0.6 is 11.6 Å². The summed E-state index contributed by atoms with van der Waals surface area (Å²) in [5.41, 5.74) is 0.981. The molecule has 0 radical (unpaired) electrons. The SMILES string of the molecule is N#Cc1cc(Cl)c2cc[nH]c2n1. The third-order valence-corrected chi connectivity index (χ3v) is 1.91. The van der Waals surface area contributed by atoms with E-state index in [1.807, 2.05) is 12.1 Å². The molecule has 12 heavy (non-hydrogen) atoms. The molecule has 4 heteroatoms. The highest BCUT2D eigenvalue weighted by molar-refractivity contribution is 6.35. The molecule has 0 bridgehead atoms. The minimum Gasteiger partial charge on any atom is -0.346 e. The number of halogens is 1. The van der Waals surface area contributed by atoms with E-state index in [0.29, 0.717) is 16.4 Å². The molecule has 0 aliphatic heterocycles. The van der Waals surface area contributed by atoms with Gasteiger partial charge in [0, 0.05) is 11.6 Å². The first-order valence-electron chi connectivity index (χ1n) is 3.35. The maximum absolute atomic E-state index is 8.57. The van der Waals surface area contributed by atoms with Gasteiger partial charge in [-0.3, -0.25) is 0 Å². The molecule has 2 heterocycles. The fourth-order valence-corrected chi connectivity index (χ4v) is 1.31. The zero-order chi connectivity index (χ0) is 8.55. The smallest absolute Gasteiger partial charge is 0.144 e. The molecular formula is C8H4ClN3. The molecule has 0 atom stereocenters. The van der Waals surface area contributed by atoms with Gasteiger partial charge in [-0.15, -0.1) is 0 Å². The Morgan fingerprint density at radius 2 is 2.42 bits per heavy atom. The zero-order valence-electron chi connectivity index (χ0n) is 6.00. The molecular weight excluding hydrogens is 174 g/mol. The number of pyridine rings is 1. The van der Waals surface area contributed by atoms with E-state index in [0.717, 1.165) is 5.39 Å². The van der Waals surface area contributed by atoms with Gasteiger partial charge in [0.1, 0.15) is 17.4 Å². The third-order valence-electron chi connectivity index (χ3n) is 1.59. The maximum atomic E-state index is 8.57. The van der Waals surface area contributed by atoms with Crippen LogP contribution in [0.25, 0.3) is 11.0 Å². The molecule has 3 nitrogen and oxygen atoms in total. The molecule has 0 aliphatic rings. The Morgan fingerprint density at radius 1 is 1.58 bits per heavy atom. The van der Waals surface area contributed by atoms with Gasteiger partial charge in [0.05, 0.1) is 5.02 Å². The van der Waals surface area contributed by atoms with Gasteiger partial charge in [0.25, 0.3) is 0 Å². The Labute approximate surface area is 73.6 Å². The van der Waals surface area contributed by atoms with Gasteiger partial charge in [-0.25, -0.2) is 4.98 Å². The van der Waals surface area contributed by atoms with Gasteiger partial charge < -0.3 is 4.98 Å². The molecule has 0 fully saturated rings. The van der Waals surface area contributed by atoms with E-state index in [4.69, 9.17) is 16.9 Å². The lowest BCUT2D eigenvalue weighted by molar-refractivity contribution is 1.28. The average molecular weight is 178 g/mol. The summed E-state index contributed by atoms with van der Waals surface area (Å²) in [6.07, 6.45) is 1.74. The van der Waals surface area contributed by atoms with E-state index < -0.39 is 0 Å². The number of rotatable bonds is 0. The van der Waals surface area contributed by atoms with Crippen LogP contribution in [0.5, 0.6) is 0 Å². The normalized spacial score (nSPS) is 10.0. The van der Waals surface area contributed by atoms with Gasteiger partial charge in [-0.2, -0.15) is 5.26 Å². The molecule has 2 aromatic rings. The number of fused-ring (bicyclic) bond motifs is 1. The van der Waals surface area contributed by atoms with E-state index in [9.17, 15) is 0 Å². The molecule has 0 unspecified atom stereocenters. The van der Waals surface area contributed by atoms with Crippen molar-refractivity contribution in [1.82, 2.24) is 9.97 Å². The first-order chi connectivity index (χ1) is 5.81. The van der Waals surface area contributed by atoms with Gasteiger partial charge in [0.2, 0.25) is 0 Å². The van der Waals surface area contributed by atoms with E-state index in [2.05, 4.69) is 9.97 Å². The fourth-order valence-electron chi connectivity index (χ4n) is 1.05. The summed E-state index contributed by atoms with van der Waals surface area (Å²) in [4.78, 5) is 6.90. The number of nitrogens with zero attached hydrogens (tertiary/aromatic N) is 2. The van der Waals surface area contributed by atoms with Crippen molar-refractivity contribution in [2.75, 3.05) is 0 Å². The second-order valence-corrected chi connectivity index (χ2v) is 2.75. The van der Waals surface area contributed by atoms with E-state index in [1.165, 1.54) is 0 Å². The number of aromatic amines is 1. The van der Waals surface area contributed by atoms with Crippen molar-refractivity contribution in [3.63, 3.8) is 0 Å². The van der Waals surface area contributed by atoms with Crippen molar-refractivity contribution in [3.05, 3.63) is 29.0 Å². The van der Waals surface area contributed by atoms with E-state index in [-0.39, 0.29) is 0 Å². The van der Waals surface area contributed by atoms with Crippen molar-refractivity contribution in [1.29, 1.82) is 5.26 Å². The molecule has 0 saturated heterocycles. The molecule has 0 aromatic carbocycles. The highest BCUT2D eigenvalue weighted by atomic mass is 35.5. The highest BCUT2D eigenvalue weighted by Crippen LogP contribution is 2.21. The summed E-state index contributed by atoms with van der Waals surface area (Å²) < 4.78 is 0. The summed E-state index contributed by atoms with van der Waals surface area (Å²) in [6, 6.07) is 5.31. The second kappa shape index (κ2) is 2.50.